The fourth-order valence-corrected chi connectivity index (χ4v) is 2.48. The summed E-state index contributed by atoms with van der Waals surface area (Å²) in [7, 11) is 1.35. The minimum atomic E-state index is -0.429. The number of anilines is 1. The molecule has 86 valence electrons. The maximum Gasteiger partial charge on any atom is 0.360 e. The van der Waals surface area contributed by atoms with Gasteiger partial charge in [0.25, 0.3) is 0 Å². The predicted molar refractivity (Wildman–Crippen MR) is 62.9 cm³/mol. The summed E-state index contributed by atoms with van der Waals surface area (Å²) >= 11 is 1.91. The number of hydrogen-bond acceptors (Lipinski definition) is 6. The summed E-state index contributed by atoms with van der Waals surface area (Å²) < 4.78 is 4.69. The van der Waals surface area contributed by atoms with Crippen LogP contribution in [0.3, 0.4) is 0 Å². The van der Waals surface area contributed by atoms with Crippen molar-refractivity contribution in [1.29, 1.82) is 0 Å². The highest BCUT2D eigenvalue weighted by Gasteiger charge is 2.21. The van der Waals surface area contributed by atoms with Crippen molar-refractivity contribution in [1.82, 2.24) is 9.97 Å². The molecule has 2 rings (SSSR count). The molecule has 1 saturated heterocycles. The maximum absolute atomic E-state index is 11.5. The molecule has 16 heavy (non-hydrogen) atoms. The van der Waals surface area contributed by atoms with E-state index in [0.717, 1.165) is 24.6 Å². The van der Waals surface area contributed by atoms with E-state index in [9.17, 15) is 4.79 Å². The SMILES string of the molecule is COC(=O)c1nccnc1N1CCSCC1. The van der Waals surface area contributed by atoms with Crippen LogP contribution in [0.25, 0.3) is 0 Å². The first-order valence-corrected chi connectivity index (χ1v) is 6.20. The van der Waals surface area contributed by atoms with Crippen LogP contribution in [-0.2, 0) is 4.74 Å². The van der Waals surface area contributed by atoms with E-state index in [-0.39, 0.29) is 0 Å². The minimum absolute atomic E-state index is 0.303. The Bertz CT molecular complexity index is 380. The summed E-state index contributed by atoms with van der Waals surface area (Å²) in [5, 5.41) is 0. The molecule has 5 nitrogen and oxygen atoms in total. The van der Waals surface area contributed by atoms with Crippen LogP contribution in [0, 0.1) is 0 Å². The number of hydrogen-bond donors (Lipinski definition) is 0. The van der Waals surface area contributed by atoms with E-state index >= 15 is 0 Å². The van der Waals surface area contributed by atoms with Crippen LogP contribution in [0.2, 0.25) is 0 Å². The molecule has 0 N–H and O–H groups in total. The monoisotopic (exact) mass is 239 g/mol. The highest BCUT2D eigenvalue weighted by atomic mass is 32.2. The number of ether oxygens (including phenoxy) is 1. The first kappa shape index (κ1) is 11.2. The van der Waals surface area contributed by atoms with Crippen molar-refractivity contribution in [3.8, 4) is 0 Å². The normalized spacial score (nSPS) is 15.9. The molecule has 0 aromatic carbocycles. The number of aromatic nitrogens is 2. The van der Waals surface area contributed by atoms with Gasteiger partial charge < -0.3 is 9.64 Å². The second-order valence-electron chi connectivity index (χ2n) is 3.32. The highest BCUT2D eigenvalue weighted by Crippen LogP contribution is 2.20. The van der Waals surface area contributed by atoms with E-state index in [1.165, 1.54) is 13.3 Å². The van der Waals surface area contributed by atoms with Crippen molar-refractivity contribution < 1.29 is 9.53 Å². The molecule has 6 heteroatoms. The fraction of sp³-hybridized carbons (Fsp3) is 0.500. The van der Waals surface area contributed by atoms with E-state index in [4.69, 9.17) is 4.74 Å². The lowest BCUT2D eigenvalue weighted by molar-refractivity contribution is 0.0594. The molecule has 0 spiro atoms. The number of nitrogens with zero attached hydrogens (tertiary/aromatic N) is 3. The molecule has 1 aromatic heterocycles. The molecule has 0 saturated carbocycles. The van der Waals surface area contributed by atoms with Gasteiger partial charge in [0.15, 0.2) is 11.5 Å². The van der Waals surface area contributed by atoms with E-state index in [0.29, 0.717) is 11.5 Å². The van der Waals surface area contributed by atoms with Crippen molar-refractivity contribution >= 4 is 23.5 Å². The van der Waals surface area contributed by atoms with E-state index < -0.39 is 5.97 Å². The average Bonchev–Trinajstić information content (AvgIpc) is 2.39. The molecular weight excluding hydrogens is 226 g/mol. The van der Waals surface area contributed by atoms with Gasteiger partial charge in [0, 0.05) is 37.0 Å². The summed E-state index contributed by atoms with van der Waals surface area (Å²) in [4.78, 5) is 21.9. The minimum Gasteiger partial charge on any atom is -0.464 e. The van der Waals surface area contributed by atoms with Crippen molar-refractivity contribution in [2.45, 2.75) is 0 Å². The zero-order chi connectivity index (χ0) is 11.4. The molecule has 0 unspecified atom stereocenters. The Morgan fingerprint density at radius 3 is 2.75 bits per heavy atom. The van der Waals surface area contributed by atoms with Crippen LogP contribution in [-0.4, -0.2) is 47.6 Å². The van der Waals surface area contributed by atoms with Gasteiger partial charge in [-0.1, -0.05) is 0 Å². The summed E-state index contributed by atoms with van der Waals surface area (Å²) in [6.45, 7) is 1.79. The third-order valence-corrected chi connectivity index (χ3v) is 3.31. The van der Waals surface area contributed by atoms with Gasteiger partial charge in [-0.15, -0.1) is 0 Å². The second-order valence-corrected chi connectivity index (χ2v) is 4.54. The molecule has 0 amide bonds. The highest BCUT2D eigenvalue weighted by molar-refractivity contribution is 7.99. The number of thioether (sulfide) groups is 1. The van der Waals surface area contributed by atoms with Crippen LogP contribution in [0.5, 0.6) is 0 Å². The molecule has 0 atom stereocenters. The molecule has 1 aliphatic heterocycles. The number of methoxy groups -OCH3 is 1. The van der Waals surface area contributed by atoms with Gasteiger partial charge in [0.05, 0.1) is 7.11 Å². The van der Waals surface area contributed by atoms with Crippen molar-refractivity contribution in [2.75, 3.05) is 36.6 Å². The molecule has 2 heterocycles. The standard InChI is InChI=1S/C10H13N3O2S/c1-15-10(14)8-9(12-3-2-11-8)13-4-6-16-7-5-13/h2-3H,4-7H2,1H3. The lowest BCUT2D eigenvalue weighted by Gasteiger charge is -2.27. The van der Waals surface area contributed by atoms with Crippen molar-refractivity contribution in [3.63, 3.8) is 0 Å². The Morgan fingerprint density at radius 1 is 1.38 bits per heavy atom. The molecule has 0 aliphatic carbocycles. The van der Waals surface area contributed by atoms with Gasteiger partial charge in [-0.2, -0.15) is 11.8 Å². The van der Waals surface area contributed by atoms with Gasteiger partial charge in [-0.3, -0.25) is 0 Å². The topological polar surface area (TPSA) is 55.3 Å². The number of rotatable bonds is 2. The Hall–Kier alpha value is -1.30. The summed E-state index contributed by atoms with van der Waals surface area (Å²) in [5.74, 6) is 2.31. The lowest BCUT2D eigenvalue weighted by Crippen LogP contribution is -2.34. The molecule has 0 radical (unpaired) electrons. The summed E-state index contributed by atoms with van der Waals surface area (Å²) in [5.41, 5.74) is 0.303. The van der Waals surface area contributed by atoms with Gasteiger partial charge in [0.2, 0.25) is 0 Å². The van der Waals surface area contributed by atoms with Crippen LogP contribution in [0.15, 0.2) is 12.4 Å². The molecule has 0 bridgehead atoms. The van der Waals surface area contributed by atoms with Gasteiger partial charge in [-0.05, 0) is 0 Å². The summed E-state index contributed by atoms with van der Waals surface area (Å²) in [6.07, 6.45) is 3.11. The van der Waals surface area contributed by atoms with Gasteiger partial charge >= 0.3 is 5.97 Å². The first-order chi connectivity index (χ1) is 7.83. The molecule has 1 fully saturated rings. The van der Waals surface area contributed by atoms with E-state index in [1.807, 2.05) is 11.8 Å². The predicted octanol–water partition coefficient (Wildman–Crippen LogP) is 0.816. The zero-order valence-corrected chi connectivity index (χ0v) is 9.87. The maximum atomic E-state index is 11.5. The van der Waals surface area contributed by atoms with Crippen LogP contribution >= 0.6 is 11.8 Å². The van der Waals surface area contributed by atoms with E-state index in [1.54, 1.807) is 6.20 Å². The third kappa shape index (κ3) is 2.27. The van der Waals surface area contributed by atoms with Crippen molar-refractivity contribution in [3.05, 3.63) is 18.1 Å². The Kier molecular flexibility index (Phi) is 3.61. The zero-order valence-electron chi connectivity index (χ0n) is 9.05. The largest absolute Gasteiger partial charge is 0.464 e. The van der Waals surface area contributed by atoms with Crippen molar-refractivity contribution in [2.24, 2.45) is 0 Å². The first-order valence-electron chi connectivity index (χ1n) is 5.05. The average molecular weight is 239 g/mol. The second kappa shape index (κ2) is 5.16. The van der Waals surface area contributed by atoms with Crippen LogP contribution in [0.1, 0.15) is 10.5 Å². The smallest absolute Gasteiger partial charge is 0.360 e. The number of esters is 1. The Balaban J connectivity index is 2.28. The van der Waals surface area contributed by atoms with E-state index in [2.05, 4.69) is 14.9 Å². The fourth-order valence-electron chi connectivity index (χ4n) is 1.58. The Morgan fingerprint density at radius 2 is 2.06 bits per heavy atom. The molecule has 1 aromatic rings. The third-order valence-electron chi connectivity index (χ3n) is 2.37. The van der Waals surface area contributed by atoms with Crippen LogP contribution in [0.4, 0.5) is 5.82 Å². The van der Waals surface area contributed by atoms with Crippen LogP contribution < -0.4 is 4.90 Å². The van der Waals surface area contributed by atoms with Gasteiger partial charge in [-0.25, -0.2) is 14.8 Å². The number of carbonyl (C=O) groups is 1. The summed E-state index contributed by atoms with van der Waals surface area (Å²) in [6, 6.07) is 0. The quantitative estimate of drug-likeness (QED) is 0.712. The molecular formula is C10H13N3O2S. The number of carbonyl (C=O) groups excluding carboxylic acids is 1. The Labute approximate surface area is 98.2 Å². The molecule has 1 aliphatic rings. The lowest BCUT2D eigenvalue weighted by atomic mass is 10.3. The van der Waals surface area contributed by atoms with Gasteiger partial charge in [0.1, 0.15) is 0 Å².